The summed E-state index contributed by atoms with van der Waals surface area (Å²) in [6, 6.07) is 15.0. The third-order valence-electron chi connectivity index (χ3n) is 3.66. The summed E-state index contributed by atoms with van der Waals surface area (Å²) in [5, 5.41) is 7.07. The predicted molar refractivity (Wildman–Crippen MR) is 165 cm³/mol. The Morgan fingerprint density at radius 3 is 1.02 bits per heavy atom. The summed E-state index contributed by atoms with van der Waals surface area (Å²) < 4.78 is 4.47. The Kier molecular flexibility index (Phi) is 26.1. The van der Waals surface area contributed by atoms with Crippen molar-refractivity contribution in [3.63, 3.8) is 0 Å². The molecular formula is C30H33N13O. The summed E-state index contributed by atoms with van der Waals surface area (Å²) in [5.74, 6) is 0. The minimum Gasteiger partial charge on any atom is -0.452 e. The minimum atomic E-state index is 1.38. The van der Waals surface area contributed by atoms with E-state index in [1.165, 1.54) is 19.0 Å². The van der Waals surface area contributed by atoms with Crippen LogP contribution in [0, 0.1) is 0 Å². The molecule has 14 nitrogen and oxygen atoms in total. The predicted octanol–water partition coefficient (Wildman–Crippen LogP) is 5.02. The second-order valence-electron chi connectivity index (χ2n) is 6.82. The number of nitrogens with one attached hydrogen (secondary N) is 3. The molecule has 0 radical (unpaired) electrons. The monoisotopic (exact) mass is 591 g/mol. The lowest BCUT2D eigenvalue weighted by Gasteiger charge is -1.70. The van der Waals surface area contributed by atoms with Gasteiger partial charge in [-0.25, -0.2) is 24.9 Å². The number of rotatable bonds is 0. The van der Waals surface area contributed by atoms with Crippen LogP contribution in [0.15, 0.2) is 190 Å². The lowest BCUT2D eigenvalue weighted by atomic mass is 10.5. The molecule has 0 unspecified atom stereocenters. The highest BCUT2D eigenvalue weighted by molar-refractivity contribution is 4.88. The molecular weight excluding hydrogens is 558 g/mol. The number of hydrogen-bond acceptors (Lipinski definition) is 11. The van der Waals surface area contributed by atoms with E-state index in [4.69, 9.17) is 0 Å². The number of hydrogen-bond donors (Lipinski definition) is 3. The van der Waals surface area contributed by atoms with E-state index in [1.807, 2.05) is 54.9 Å². The molecule has 0 aliphatic heterocycles. The Bertz CT molecular complexity index is 1020. The van der Waals surface area contributed by atoms with E-state index in [0.717, 1.165) is 0 Å². The van der Waals surface area contributed by atoms with Gasteiger partial charge in [-0.1, -0.05) is 6.07 Å². The highest BCUT2D eigenvalue weighted by Crippen LogP contribution is 1.74. The molecule has 0 atom stereocenters. The van der Waals surface area contributed by atoms with Crippen LogP contribution in [0.1, 0.15) is 0 Å². The van der Waals surface area contributed by atoms with Crippen LogP contribution in [0.25, 0.3) is 0 Å². The van der Waals surface area contributed by atoms with Crippen molar-refractivity contribution in [1.29, 1.82) is 0 Å². The fraction of sp³-hybridized carbons (Fsp3) is 0. The number of imidazole rings is 2. The summed E-state index contributed by atoms with van der Waals surface area (Å²) in [7, 11) is 0. The lowest BCUT2D eigenvalue weighted by molar-refractivity contribution is 0.558. The molecule has 8 aromatic heterocycles. The average molecular weight is 592 g/mol. The molecule has 0 aliphatic rings. The zero-order valence-corrected chi connectivity index (χ0v) is 23.7. The summed E-state index contributed by atoms with van der Waals surface area (Å²) in [6.07, 6.45) is 36.6. The van der Waals surface area contributed by atoms with E-state index in [9.17, 15) is 0 Å². The first kappa shape index (κ1) is 35.3. The zero-order valence-electron chi connectivity index (χ0n) is 23.7. The second kappa shape index (κ2) is 32.5. The Morgan fingerprint density at radius 1 is 0.341 bits per heavy atom. The van der Waals surface area contributed by atoms with Gasteiger partial charge in [0.05, 0.1) is 18.9 Å². The Hall–Kier alpha value is -6.70. The van der Waals surface area contributed by atoms with Crippen molar-refractivity contribution in [1.82, 2.24) is 65.0 Å². The van der Waals surface area contributed by atoms with Gasteiger partial charge in [-0.15, -0.1) is 0 Å². The van der Waals surface area contributed by atoms with Crippen molar-refractivity contribution in [2.24, 2.45) is 0 Å². The van der Waals surface area contributed by atoms with E-state index in [1.54, 1.807) is 112 Å². The molecule has 44 heavy (non-hydrogen) atoms. The van der Waals surface area contributed by atoms with Crippen molar-refractivity contribution in [3.05, 3.63) is 186 Å². The second-order valence-corrected chi connectivity index (χ2v) is 6.82. The van der Waals surface area contributed by atoms with Gasteiger partial charge in [0.1, 0.15) is 12.6 Å². The van der Waals surface area contributed by atoms with Crippen LogP contribution < -0.4 is 0 Å². The first-order valence-corrected chi connectivity index (χ1v) is 12.7. The largest absolute Gasteiger partial charge is 0.452 e. The van der Waals surface area contributed by atoms with E-state index < -0.39 is 0 Å². The van der Waals surface area contributed by atoms with E-state index >= 15 is 0 Å². The number of aromatic amines is 3. The molecule has 0 spiro atoms. The van der Waals surface area contributed by atoms with Gasteiger partial charge in [0, 0.05) is 99.1 Å². The van der Waals surface area contributed by atoms with Gasteiger partial charge in [0.2, 0.25) is 0 Å². The number of oxazole rings is 1. The van der Waals surface area contributed by atoms with Gasteiger partial charge in [0.15, 0.2) is 6.39 Å². The molecule has 0 saturated heterocycles. The molecule has 0 fully saturated rings. The summed E-state index contributed by atoms with van der Waals surface area (Å²) in [6.45, 7) is 0. The van der Waals surface area contributed by atoms with Crippen molar-refractivity contribution >= 4 is 0 Å². The van der Waals surface area contributed by atoms with Gasteiger partial charge in [-0.3, -0.25) is 15.0 Å². The molecule has 0 amide bonds. The number of pyridine rings is 1. The Morgan fingerprint density at radius 2 is 0.864 bits per heavy atom. The van der Waals surface area contributed by atoms with Crippen molar-refractivity contribution in [2.45, 2.75) is 0 Å². The van der Waals surface area contributed by atoms with E-state index in [-0.39, 0.29) is 0 Å². The topological polar surface area (TPSA) is 189 Å². The van der Waals surface area contributed by atoms with E-state index in [2.05, 4.69) is 69.4 Å². The van der Waals surface area contributed by atoms with Gasteiger partial charge in [0.25, 0.3) is 0 Å². The molecule has 0 aliphatic carbocycles. The maximum atomic E-state index is 4.47. The van der Waals surface area contributed by atoms with Crippen molar-refractivity contribution < 1.29 is 4.42 Å². The van der Waals surface area contributed by atoms with Crippen LogP contribution in [0.3, 0.4) is 0 Å². The van der Waals surface area contributed by atoms with Crippen LogP contribution in [0.4, 0.5) is 0 Å². The number of aromatic nitrogens is 13. The third kappa shape index (κ3) is 29.9. The van der Waals surface area contributed by atoms with Crippen LogP contribution >= 0.6 is 0 Å². The maximum absolute atomic E-state index is 4.47. The Balaban J connectivity index is 0.000000252. The van der Waals surface area contributed by atoms with Gasteiger partial charge in [-0.05, 0) is 42.5 Å². The standard InChI is InChI=1S/C5H5N.3C4H4N2.C4H5N.2C3H4N2.C3H3NO/c1-2-4-6-5-3-1;1-2-6-4-3-5-1;1-2-5-4-6-3-1;1-2-4-6-5-3-1;1-2-4-5-3-1;3*1-2-5-3-4-1/h1-5H;3*1-4H;1-5H;2*1-3H,(H,4,5);1-3H. The molecule has 0 aromatic carbocycles. The molecule has 14 heteroatoms. The minimum absolute atomic E-state index is 1.38. The maximum Gasteiger partial charge on any atom is 0.180 e. The first-order chi connectivity index (χ1) is 22.0. The normalized spacial score (nSPS) is 8.00. The zero-order chi connectivity index (χ0) is 31.1. The summed E-state index contributed by atoms with van der Waals surface area (Å²) >= 11 is 0. The van der Waals surface area contributed by atoms with Crippen molar-refractivity contribution in [2.75, 3.05) is 0 Å². The SMILES string of the molecule is c1c[nH]cn1.c1c[nH]cn1.c1cc[nH]c1.c1ccncc1.c1ccnnc1.c1cnccn1.c1cncnc1.c1cocn1. The molecule has 8 heterocycles. The van der Waals surface area contributed by atoms with Crippen molar-refractivity contribution in [3.8, 4) is 0 Å². The molecule has 0 bridgehead atoms. The van der Waals surface area contributed by atoms with Crippen LogP contribution in [-0.2, 0) is 0 Å². The number of nitrogens with zero attached hydrogens (tertiary/aromatic N) is 10. The van der Waals surface area contributed by atoms with Crippen LogP contribution in [0.2, 0.25) is 0 Å². The first-order valence-electron chi connectivity index (χ1n) is 12.7. The molecule has 8 aromatic rings. The highest BCUT2D eigenvalue weighted by Gasteiger charge is 1.62. The smallest absolute Gasteiger partial charge is 0.180 e. The third-order valence-corrected chi connectivity index (χ3v) is 3.66. The molecule has 3 N–H and O–H groups in total. The molecule has 224 valence electrons. The molecule has 8 rings (SSSR count). The van der Waals surface area contributed by atoms with Gasteiger partial charge < -0.3 is 19.4 Å². The van der Waals surface area contributed by atoms with Crippen LogP contribution in [0.5, 0.6) is 0 Å². The quantitative estimate of drug-likeness (QED) is 0.215. The highest BCUT2D eigenvalue weighted by atomic mass is 16.3. The summed E-state index contributed by atoms with van der Waals surface area (Å²) in [5.41, 5.74) is 0. The van der Waals surface area contributed by atoms with E-state index in [0.29, 0.717) is 0 Å². The molecule has 0 saturated carbocycles. The van der Waals surface area contributed by atoms with Gasteiger partial charge in [-0.2, -0.15) is 10.2 Å². The van der Waals surface area contributed by atoms with Gasteiger partial charge >= 0.3 is 0 Å². The lowest BCUT2D eigenvalue weighted by Crippen LogP contribution is -1.69. The summed E-state index contributed by atoms with van der Waals surface area (Å²) in [4.78, 5) is 37.8. The number of H-pyrrole nitrogens is 3. The fourth-order valence-electron chi connectivity index (χ4n) is 1.96. The fourth-order valence-corrected chi connectivity index (χ4v) is 1.96. The van der Waals surface area contributed by atoms with Crippen LogP contribution in [-0.4, -0.2) is 65.0 Å². The Labute approximate surface area is 254 Å². The average Bonchev–Trinajstić information content (AvgIpc) is 4.00.